The first-order chi connectivity index (χ1) is 7.15. The lowest BCUT2D eigenvalue weighted by atomic mass is 10.1. The largest absolute Gasteiger partial charge is 0.494 e. The first-order valence-electron chi connectivity index (χ1n) is 3.99. The van der Waals surface area contributed by atoms with Gasteiger partial charge in [-0.3, -0.25) is 4.79 Å². The topological polar surface area (TPSA) is 48.4 Å². The van der Waals surface area contributed by atoms with Gasteiger partial charge in [0, 0.05) is 0 Å². The maximum absolute atomic E-state index is 12.6. The summed E-state index contributed by atoms with van der Waals surface area (Å²) >= 11 is 0. The first-order valence-corrected chi connectivity index (χ1v) is 3.99. The number of aldehydes is 1. The molecule has 0 aliphatic rings. The smallest absolute Gasteiger partial charge is 0.269 e. The highest BCUT2D eigenvalue weighted by atomic mass is 19.3. The third kappa shape index (κ3) is 2.03. The van der Waals surface area contributed by atoms with Gasteiger partial charge in [-0.25, -0.2) is 13.8 Å². The highest BCUT2D eigenvalue weighted by Crippen LogP contribution is 2.34. The van der Waals surface area contributed by atoms with Crippen LogP contribution < -0.4 is 9.47 Å². The van der Waals surface area contributed by atoms with Gasteiger partial charge in [-0.1, -0.05) is 0 Å². The highest BCUT2D eigenvalue weighted by Gasteiger charge is 2.23. The normalized spacial score (nSPS) is 10.2. The zero-order valence-corrected chi connectivity index (χ0v) is 8.16. The Bertz CT molecular complexity index is 369. The quantitative estimate of drug-likeness (QED) is 0.722. The number of carbonyl (C=O) groups excluding carboxylic acids is 1. The molecular formula is C9H9F2NO3. The van der Waals surface area contributed by atoms with Crippen molar-refractivity contribution in [2.75, 3.05) is 14.2 Å². The van der Waals surface area contributed by atoms with Gasteiger partial charge in [-0.15, -0.1) is 0 Å². The van der Waals surface area contributed by atoms with Crippen LogP contribution >= 0.6 is 0 Å². The van der Waals surface area contributed by atoms with Crippen LogP contribution in [-0.4, -0.2) is 25.5 Å². The molecular weight excluding hydrogens is 208 g/mol. The molecule has 1 aromatic rings. The molecule has 0 N–H and O–H groups in total. The lowest BCUT2D eigenvalue weighted by Gasteiger charge is -2.11. The van der Waals surface area contributed by atoms with Crippen LogP contribution in [0.25, 0.3) is 0 Å². The van der Waals surface area contributed by atoms with Crippen LogP contribution in [0.2, 0.25) is 0 Å². The van der Waals surface area contributed by atoms with Gasteiger partial charge < -0.3 is 9.47 Å². The van der Waals surface area contributed by atoms with E-state index in [-0.39, 0.29) is 17.2 Å². The van der Waals surface area contributed by atoms with E-state index in [1.54, 1.807) is 0 Å². The molecule has 82 valence electrons. The van der Waals surface area contributed by atoms with Crippen molar-refractivity contribution in [1.29, 1.82) is 0 Å². The SMILES string of the molecule is COc1cnc(OC)c(C(F)F)c1C=O. The third-order valence-electron chi connectivity index (χ3n) is 1.83. The molecule has 1 aromatic heterocycles. The van der Waals surface area contributed by atoms with Crippen molar-refractivity contribution in [3.63, 3.8) is 0 Å². The van der Waals surface area contributed by atoms with Gasteiger partial charge in [-0.05, 0) is 0 Å². The number of ether oxygens (including phenoxy) is 2. The minimum Gasteiger partial charge on any atom is -0.494 e. The van der Waals surface area contributed by atoms with Crippen molar-refractivity contribution in [3.05, 3.63) is 17.3 Å². The van der Waals surface area contributed by atoms with Crippen molar-refractivity contribution < 1.29 is 23.0 Å². The lowest BCUT2D eigenvalue weighted by Crippen LogP contribution is -2.03. The van der Waals surface area contributed by atoms with Gasteiger partial charge in [0.15, 0.2) is 6.29 Å². The summed E-state index contributed by atoms with van der Waals surface area (Å²) in [4.78, 5) is 14.3. The number of halogens is 2. The zero-order chi connectivity index (χ0) is 11.4. The molecule has 6 heteroatoms. The first kappa shape index (κ1) is 11.4. The summed E-state index contributed by atoms with van der Waals surface area (Å²) in [6.07, 6.45) is -1.39. The molecule has 0 bridgehead atoms. The Balaban J connectivity index is 3.44. The van der Waals surface area contributed by atoms with E-state index in [9.17, 15) is 13.6 Å². The van der Waals surface area contributed by atoms with Crippen LogP contribution in [0.15, 0.2) is 6.20 Å². The summed E-state index contributed by atoms with van der Waals surface area (Å²) in [5.41, 5.74) is -0.786. The Morgan fingerprint density at radius 1 is 1.40 bits per heavy atom. The van der Waals surface area contributed by atoms with Crippen molar-refractivity contribution >= 4 is 6.29 Å². The highest BCUT2D eigenvalue weighted by molar-refractivity contribution is 5.82. The third-order valence-corrected chi connectivity index (χ3v) is 1.83. The van der Waals surface area contributed by atoms with E-state index in [1.165, 1.54) is 14.2 Å². The Hall–Kier alpha value is -1.72. The Labute approximate surface area is 84.8 Å². The zero-order valence-electron chi connectivity index (χ0n) is 8.16. The van der Waals surface area contributed by atoms with E-state index in [1.807, 2.05) is 0 Å². The number of aromatic nitrogens is 1. The van der Waals surface area contributed by atoms with Crippen LogP contribution in [-0.2, 0) is 0 Å². The molecule has 0 amide bonds. The number of carbonyl (C=O) groups is 1. The molecule has 1 rings (SSSR count). The summed E-state index contributed by atoms with van der Waals surface area (Å²) in [6.45, 7) is 0. The predicted molar refractivity (Wildman–Crippen MR) is 47.7 cm³/mol. The Morgan fingerprint density at radius 3 is 2.47 bits per heavy atom. The fourth-order valence-electron chi connectivity index (χ4n) is 1.16. The molecule has 0 aliphatic heterocycles. The molecule has 0 aromatic carbocycles. The molecule has 0 saturated carbocycles. The van der Waals surface area contributed by atoms with Crippen LogP contribution in [0.3, 0.4) is 0 Å². The maximum atomic E-state index is 12.6. The van der Waals surface area contributed by atoms with Crippen LogP contribution in [0.4, 0.5) is 8.78 Å². The van der Waals surface area contributed by atoms with E-state index < -0.39 is 12.0 Å². The Morgan fingerprint density at radius 2 is 2.07 bits per heavy atom. The fraction of sp³-hybridized carbons (Fsp3) is 0.333. The van der Waals surface area contributed by atoms with Crippen LogP contribution in [0, 0.1) is 0 Å². The van der Waals surface area contributed by atoms with Gasteiger partial charge >= 0.3 is 0 Å². The van der Waals surface area contributed by atoms with E-state index in [0.29, 0.717) is 6.29 Å². The molecule has 4 nitrogen and oxygen atoms in total. The molecule has 15 heavy (non-hydrogen) atoms. The van der Waals surface area contributed by atoms with Crippen molar-refractivity contribution in [3.8, 4) is 11.6 Å². The lowest BCUT2D eigenvalue weighted by molar-refractivity contribution is 0.109. The second-order valence-corrected chi connectivity index (χ2v) is 2.58. The van der Waals surface area contributed by atoms with Gasteiger partial charge in [0.1, 0.15) is 5.75 Å². The molecule has 0 unspecified atom stereocenters. The minimum absolute atomic E-state index is 0.00102. The number of pyridine rings is 1. The monoisotopic (exact) mass is 217 g/mol. The minimum atomic E-state index is -2.84. The van der Waals surface area contributed by atoms with Crippen LogP contribution in [0.5, 0.6) is 11.6 Å². The van der Waals surface area contributed by atoms with Crippen molar-refractivity contribution in [1.82, 2.24) is 4.98 Å². The standard InChI is InChI=1S/C9H9F2NO3/c1-14-6-3-12-9(15-2)7(8(10)11)5(6)4-13/h3-4,8H,1-2H3. The Kier molecular flexibility index (Phi) is 3.54. The molecule has 1 heterocycles. The maximum Gasteiger partial charge on any atom is 0.269 e. The summed E-state index contributed by atoms with van der Waals surface area (Å²) in [5, 5.41) is 0. The second-order valence-electron chi connectivity index (χ2n) is 2.58. The predicted octanol–water partition coefficient (Wildman–Crippen LogP) is 1.85. The molecule has 0 atom stereocenters. The van der Waals surface area contributed by atoms with E-state index >= 15 is 0 Å². The summed E-state index contributed by atoms with van der Waals surface area (Å²) in [5.74, 6) is -0.269. The number of nitrogens with zero attached hydrogens (tertiary/aromatic N) is 1. The van der Waals surface area contributed by atoms with E-state index in [0.717, 1.165) is 6.20 Å². The summed E-state index contributed by atoms with van der Waals surface area (Å²) in [7, 11) is 2.47. The summed E-state index contributed by atoms with van der Waals surface area (Å²) in [6, 6.07) is 0. The van der Waals surface area contributed by atoms with E-state index in [4.69, 9.17) is 4.74 Å². The van der Waals surface area contributed by atoms with Gasteiger partial charge in [0.05, 0.1) is 31.5 Å². The second kappa shape index (κ2) is 4.68. The summed E-state index contributed by atoms with van der Waals surface area (Å²) < 4.78 is 34.7. The van der Waals surface area contributed by atoms with Crippen molar-refractivity contribution in [2.24, 2.45) is 0 Å². The number of hydrogen-bond acceptors (Lipinski definition) is 4. The molecule has 0 spiro atoms. The van der Waals surface area contributed by atoms with Gasteiger partial charge in [0.2, 0.25) is 5.88 Å². The number of methoxy groups -OCH3 is 2. The molecule has 0 saturated heterocycles. The number of hydrogen-bond donors (Lipinski definition) is 0. The number of rotatable bonds is 4. The molecule has 0 aliphatic carbocycles. The van der Waals surface area contributed by atoms with Crippen LogP contribution in [0.1, 0.15) is 22.3 Å². The average Bonchev–Trinajstić information content (AvgIpc) is 2.26. The van der Waals surface area contributed by atoms with Gasteiger partial charge in [0.25, 0.3) is 6.43 Å². The average molecular weight is 217 g/mol. The van der Waals surface area contributed by atoms with Crippen molar-refractivity contribution in [2.45, 2.75) is 6.43 Å². The fourth-order valence-corrected chi connectivity index (χ4v) is 1.16. The van der Waals surface area contributed by atoms with Gasteiger partial charge in [-0.2, -0.15) is 0 Å². The molecule has 0 fully saturated rings. The number of alkyl halides is 2. The van der Waals surface area contributed by atoms with E-state index in [2.05, 4.69) is 9.72 Å². The molecule has 0 radical (unpaired) electrons.